The van der Waals surface area contributed by atoms with Gasteiger partial charge in [-0.05, 0) is 29.8 Å². The third kappa shape index (κ3) is 4.56. The van der Waals surface area contributed by atoms with Crippen LogP contribution >= 0.6 is 0 Å². The van der Waals surface area contributed by atoms with E-state index in [0.717, 1.165) is 56.4 Å². The van der Waals surface area contributed by atoms with Gasteiger partial charge in [-0.2, -0.15) is 18.2 Å². The van der Waals surface area contributed by atoms with E-state index in [1.807, 2.05) is 12.1 Å². The lowest BCUT2D eigenvalue weighted by atomic mass is 10.1. The Balaban J connectivity index is 1.14. The molecule has 32 heavy (non-hydrogen) atoms. The lowest BCUT2D eigenvalue weighted by molar-refractivity contribution is -0.137. The first-order chi connectivity index (χ1) is 15.4. The minimum absolute atomic E-state index is 0.272. The Morgan fingerprint density at radius 2 is 1.53 bits per heavy atom. The molecule has 7 nitrogen and oxygen atoms in total. The molecule has 1 saturated heterocycles. The van der Waals surface area contributed by atoms with Gasteiger partial charge in [-0.1, -0.05) is 23.4 Å². The molecule has 168 valence electrons. The Hall–Kier alpha value is -3.11. The second-order valence-electron chi connectivity index (χ2n) is 7.83. The average molecular weight is 446 g/mol. The van der Waals surface area contributed by atoms with Crippen molar-refractivity contribution in [3.8, 4) is 22.9 Å². The second kappa shape index (κ2) is 8.44. The van der Waals surface area contributed by atoms with Crippen molar-refractivity contribution in [1.29, 1.82) is 0 Å². The van der Waals surface area contributed by atoms with Gasteiger partial charge >= 0.3 is 6.18 Å². The Morgan fingerprint density at radius 3 is 2.25 bits per heavy atom. The van der Waals surface area contributed by atoms with Gasteiger partial charge in [0.25, 0.3) is 0 Å². The predicted molar refractivity (Wildman–Crippen MR) is 108 cm³/mol. The van der Waals surface area contributed by atoms with Crippen LogP contribution in [0.2, 0.25) is 0 Å². The van der Waals surface area contributed by atoms with E-state index in [0.29, 0.717) is 18.0 Å². The van der Waals surface area contributed by atoms with Crippen molar-refractivity contribution in [2.75, 3.05) is 33.0 Å². The van der Waals surface area contributed by atoms with E-state index in [4.69, 9.17) is 14.0 Å². The van der Waals surface area contributed by atoms with Crippen molar-refractivity contribution in [3.63, 3.8) is 0 Å². The Kier molecular flexibility index (Phi) is 5.48. The number of alkyl halides is 3. The summed E-state index contributed by atoms with van der Waals surface area (Å²) in [6, 6.07) is 10.8. The zero-order valence-corrected chi connectivity index (χ0v) is 17.1. The van der Waals surface area contributed by atoms with E-state index in [9.17, 15) is 13.2 Å². The van der Waals surface area contributed by atoms with Crippen molar-refractivity contribution < 1.29 is 27.2 Å². The van der Waals surface area contributed by atoms with Gasteiger partial charge in [0.05, 0.1) is 12.1 Å². The quantitative estimate of drug-likeness (QED) is 0.591. The molecule has 3 aromatic rings. The van der Waals surface area contributed by atoms with E-state index < -0.39 is 11.7 Å². The van der Waals surface area contributed by atoms with Crippen LogP contribution in [0.1, 0.15) is 17.0 Å². The number of benzene rings is 2. The van der Waals surface area contributed by atoms with Gasteiger partial charge in [0, 0.05) is 38.3 Å². The summed E-state index contributed by atoms with van der Waals surface area (Å²) < 4.78 is 54.3. The van der Waals surface area contributed by atoms with Gasteiger partial charge in [-0.3, -0.25) is 9.80 Å². The zero-order chi connectivity index (χ0) is 22.1. The van der Waals surface area contributed by atoms with Crippen molar-refractivity contribution in [1.82, 2.24) is 19.9 Å². The van der Waals surface area contributed by atoms with E-state index in [1.165, 1.54) is 17.7 Å². The van der Waals surface area contributed by atoms with Gasteiger partial charge in [0.1, 0.15) is 0 Å². The maximum absolute atomic E-state index is 12.7. The van der Waals surface area contributed by atoms with Crippen LogP contribution in [0.25, 0.3) is 11.4 Å². The van der Waals surface area contributed by atoms with Crippen LogP contribution in [0.5, 0.6) is 11.5 Å². The summed E-state index contributed by atoms with van der Waals surface area (Å²) in [5.41, 5.74) is 0.964. The third-order valence-electron chi connectivity index (χ3n) is 5.61. The van der Waals surface area contributed by atoms with Gasteiger partial charge in [0.15, 0.2) is 11.5 Å². The van der Waals surface area contributed by atoms with Crippen LogP contribution in [0, 0.1) is 0 Å². The molecule has 2 aromatic carbocycles. The Labute approximate surface area is 182 Å². The molecule has 0 radical (unpaired) electrons. The molecule has 2 aliphatic rings. The summed E-state index contributed by atoms with van der Waals surface area (Å²) in [7, 11) is 0. The monoisotopic (exact) mass is 446 g/mol. The highest BCUT2D eigenvalue weighted by Gasteiger charge is 2.30. The largest absolute Gasteiger partial charge is 0.454 e. The number of ether oxygens (including phenoxy) is 2. The molecular weight excluding hydrogens is 425 g/mol. The number of piperazine rings is 1. The number of hydrogen-bond acceptors (Lipinski definition) is 7. The minimum atomic E-state index is -4.37. The molecule has 0 aliphatic carbocycles. The van der Waals surface area contributed by atoms with Crippen molar-refractivity contribution in [2.45, 2.75) is 19.3 Å². The van der Waals surface area contributed by atoms with E-state index in [-0.39, 0.29) is 12.6 Å². The highest BCUT2D eigenvalue weighted by Crippen LogP contribution is 2.33. The lowest BCUT2D eigenvalue weighted by Crippen LogP contribution is -2.45. The molecule has 0 unspecified atom stereocenters. The van der Waals surface area contributed by atoms with E-state index in [1.54, 1.807) is 0 Å². The average Bonchev–Trinajstić information content (AvgIpc) is 3.44. The van der Waals surface area contributed by atoms with E-state index in [2.05, 4.69) is 26.0 Å². The van der Waals surface area contributed by atoms with E-state index >= 15 is 0 Å². The molecule has 1 fully saturated rings. The summed E-state index contributed by atoms with van der Waals surface area (Å²) >= 11 is 0. The van der Waals surface area contributed by atoms with Crippen molar-refractivity contribution in [2.24, 2.45) is 0 Å². The first-order valence-corrected chi connectivity index (χ1v) is 10.3. The fraction of sp³-hybridized carbons (Fsp3) is 0.364. The minimum Gasteiger partial charge on any atom is -0.454 e. The van der Waals surface area contributed by atoms with Crippen molar-refractivity contribution >= 4 is 0 Å². The Morgan fingerprint density at radius 1 is 0.844 bits per heavy atom. The van der Waals surface area contributed by atoms with Crippen molar-refractivity contribution in [3.05, 3.63) is 59.5 Å². The topological polar surface area (TPSA) is 63.9 Å². The number of hydrogen-bond donors (Lipinski definition) is 0. The standard InChI is InChI=1S/C22H21F3N4O3/c23-22(24,25)17-4-2-16(3-5-17)21-26-20(32-27-21)13-29-9-7-28(8-10-29)12-15-1-6-18-19(11-15)31-14-30-18/h1-6,11H,7-10,12-14H2. The van der Waals surface area contributed by atoms with Crippen LogP contribution in [0.15, 0.2) is 47.0 Å². The highest BCUT2D eigenvalue weighted by atomic mass is 19.4. The van der Waals surface area contributed by atoms with Crippen LogP contribution < -0.4 is 9.47 Å². The third-order valence-corrected chi connectivity index (χ3v) is 5.61. The van der Waals surface area contributed by atoms with Crippen LogP contribution in [0.3, 0.4) is 0 Å². The number of aromatic nitrogens is 2. The summed E-state index contributed by atoms with van der Waals surface area (Å²) in [6.07, 6.45) is -4.37. The summed E-state index contributed by atoms with van der Waals surface area (Å²) in [6.45, 7) is 5.11. The first kappa shape index (κ1) is 20.8. The van der Waals surface area contributed by atoms with Crippen LogP contribution in [-0.2, 0) is 19.3 Å². The zero-order valence-electron chi connectivity index (χ0n) is 17.1. The number of rotatable bonds is 5. The maximum Gasteiger partial charge on any atom is 0.416 e. The van der Waals surface area contributed by atoms with Gasteiger partial charge < -0.3 is 14.0 Å². The molecule has 1 aromatic heterocycles. The molecule has 0 bridgehead atoms. The molecule has 0 amide bonds. The van der Waals surface area contributed by atoms with Gasteiger partial charge in [-0.15, -0.1) is 0 Å². The van der Waals surface area contributed by atoms with Crippen LogP contribution in [0.4, 0.5) is 13.2 Å². The number of nitrogens with zero attached hydrogens (tertiary/aromatic N) is 4. The molecule has 3 heterocycles. The molecule has 0 saturated carbocycles. The molecule has 10 heteroatoms. The molecular formula is C22H21F3N4O3. The normalized spacial score (nSPS) is 17.1. The fourth-order valence-corrected chi connectivity index (χ4v) is 3.84. The summed E-state index contributed by atoms with van der Waals surface area (Å²) in [4.78, 5) is 8.94. The molecule has 0 spiro atoms. The Bertz CT molecular complexity index is 1080. The van der Waals surface area contributed by atoms with Crippen LogP contribution in [-0.4, -0.2) is 52.9 Å². The smallest absolute Gasteiger partial charge is 0.416 e. The molecule has 5 rings (SSSR count). The fourth-order valence-electron chi connectivity index (χ4n) is 3.84. The van der Waals surface area contributed by atoms with Gasteiger partial charge in [-0.25, -0.2) is 0 Å². The number of halogens is 3. The van der Waals surface area contributed by atoms with Gasteiger partial charge in [0.2, 0.25) is 18.5 Å². The SMILES string of the molecule is FC(F)(F)c1ccc(-c2noc(CN3CCN(Cc4ccc5c(c4)OCO5)CC3)n2)cc1. The number of fused-ring (bicyclic) bond motifs is 1. The maximum atomic E-state index is 12.7. The summed E-state index contributed by atoms with van der Waals surface area (Å²) in [5, 5.41) is 3.92. The molecule has 2 aliphatic heterocycles. The lowest BCUT2D eigenvalue weighted by Gasteiger charge is -2.33. The predicted octanol–water partition coefficient (Wildman–Crippen LogP) is 3.80. The second-order valence-corrected chi connectivity index (χ2v) is 7.83. The summed E-state index contributed by atoms with van der Waals surface area (Å²) in [5.74, 6) is 2.31. The molecule has 0 N–H and O–H groups in total. The highest BCUT2D eigenvalue weighted by molar-refractivity contribution is 5.54. The first-order valence-electron chi connectivity index (χ1n) is 10.3. The molecule has 0 atom stereocenters.